The first-order valence-corrected chi connectivity index (χ1v) is 4.93. The topological polar surface area (TPSA) is 88.5 Å². The largest absolute Gasteiger partial charge is 0.477 e. The van der Waals surface area contributed by atoms with Gasteiger partial charge in [-0.3, -0.25) is 0 Å². The normalized spacial score (nSPS) is 10.8. The van der Waals surface area contributed by atoms with Crippen molar-refractivity contribution in [1.29, 1.82) is 0 Å². The number of aliphatic carboxylic acids is 1. The Hall–Kier alpha value is -2.37. The molecule has 0 saturated heterocycles. The summed E-state index contributed by atoms with van der Waals surface area (Å²) in [7, 11) is 0. The van der Waals surface area contributed by atoms with Gasteiger partial charge in [0.05, 0.1) is 6.61 Å². The number of carbonyl (C=O) groups is 2. The highest BCUT2D eigenvalue weighted by molar-refractivity contribution is 6.13. The zero-order valence-corrected chi connectivity index (χ0v) is 9.21. The molecular formula is C11H12N2O4. The highest BCUT2D eigenvalue weighted by Gasteiger charge is 2.18. The highest BCUT2D eigenvalue weighted by Crippen LogP contribution is 2.03. The molecular weight excluding hydrogens is 224 g/mol. The molecule has 0 amide bonds. The predicted molar refractivity (Wildman–Crippen MR) is 60.2 cm³/mol. The number of nitrogens with one attached hydrogen (secondary N) is 1. The molecule has 0 saturated carbocycles. The molecule has 6 heteroatoms. The molecule has 1 heterocycles. The predicted octanol–water partition coefficient (Wildman–Crippen LogP) is 1.03. The third-order valence-corrected chi connectivity index (χ3v) is 1.76. The van der Waals surface area contributed by atoms with Gasteiger partial charge < -0.3 is 15.2 Å². The molecule has 0 unspecified atom stereocenters. The van der Waals surface area contributed by atoms with E-state index in [0.717, 1.165) is 6.20 Å². The van der Waals surface area contributed by atoms with Crippen molar-refractivity contribution in [2.24, 2.45) is 0 Å². The summed E-state index contributed by atoms with van der Waals surface area (Å²) in [6.07, 6.45) is 2.60. The maximum absolute atomic E-state index is 11.3. The van der Waals surface area contributed by atoms with Crippen LogP contribution in [0.1, 0.15) is 6.92 Å². The second kappa shape index (κ2) is 6.26. The number of hydrogen-bond donors (Lipinski definition) is 2. The number of anilines is 1. The van der Waals surface area contributed by atoms with Crippen LogP contribution < -0.4 is 5.32 Å². The van der Waals surface area contributed by atoms with Crippen molar-refractivity contribution >= 4 is 17.8 Å². The summed E-state index contributed by atoms with van der Waals surface area (Å²) in [6.45, 7) is 1.72. The number of aromatic nitrogens is 1. The zero-order chi connectivity index (χ0) is 12.7. The number of pyridine rings is 1. The van der Waals surface area contributed by atoms with Gasteiger partial charge in [0.25, 0.3) is 0 Å². The third kappa shape index (κ3) is 3.94. The Morgan fingerprint density at radius 1 is 1.53 bits per heavy atom. The molecule has 0 aliphatic carbocycles. The fourth-order valence-corrected chi connectivity index (χ4v) is 1.01. The smallest absolute Gasteiger partial charge is 0.347 e. The molecule has 6 nitrogen and oxygen atoms in total. The number of esters is 1. The lowest BCUT2D eigenvalue weighted by molar-refractivity contribution is -0.143. The van der Waals surface area contributed by atoms with Crippen molar-refractivity contribution in [3.63, 3.8) is 0 Å². The van der Waals surface area contributed by atoms with Crippen LogP contribution in [0.15, 0.2) is 36.2 Å². The average Bonchev–Trinajstić information content (AvgIpc) is 2.30. The van der Waals surface area contributed by atoms with Crippen molar-refractivity contribution in [2.45, 2.75) is 6.92 Å². The molecule has 2 N–H and O–H groups in total. The van der Waals surface area contributed by atoms with Crippen LogP contribution in [0.2, 0.25) is 0 Å². The van der Waals surface area contributed by atoms with E-state index in [-0.39, 0.29) is 6.61 Å². The van der Waals surface area contributed by atoms with Crippen LogP contribution in [0, 0.1) is 0 Å². The van der Waals surface area contributed by atoms with Crippen LogP contribution in [0.4, 0.5) is 5.82 Å². The monoisotopic (exact) mass is 236 g/mol. The van der Waals surface area contributed by atoms with Crippen LogP contribution >= 0.6 is 0 Å². The summed E-state index contributed by atoms with van der Waals surface area (Å²) in [4.78, 5) is 26.0. The van der Waals surface area contributed by atoms with Crippen LogP contribution in [-0.2, 0) is 14.3 Å². The number of hydrogen-bond acceptors (Lipinski definition) is 5. The summed E-state index contributed by atoms with van der Waals surface area (Å²) < 4.78 is 4.61. The maximum atomic E-state index is 11.3. The van der Waals surface area contributed by atoms with E-state index < -0.39 is 17.5 Å². The van der Waals surface area contributed by atoms with E-state index in [9.17, 15) is 9.59 Å². The first kappa shape index (κ1) is 12.7. The molecule has 0 radical (unpaired) electrons. The lowest BCUT2D eigenvalue weighted by Crippen LogP contribution is -2.16. The Labute approximate surface area is 97.9 Å². The van der Waals surface area contributed by atoms with Crippen molar-refractivity contribution in [3.8, 4) is 0 Å². The van der Waals surface area contributed by atoms with Gasteiger partial charge in [-0.15, -0.1) is 0 Å². The quantitative estimate of drug-likeness (QED) is 0.343. The molecule has 0 spiro atoms. The van der Waals surface area contributed by atoms with E-state index in [4.69, 9.17) is 5.11 Å². The van der Waals surface area contributed by atoms with Gasteiger partial charge >= 0.3 is 11.9 Å². The lowest BCUT2D eigenvalue weighted by atomic mass is 10.3. The number of ether oxygens (including phenoxy) is 1. The van der Waals surface area contributed by atoms with E-state index in [1.54, 1.807) is 31.3 Å². The molecule has 0 aliphatic rings. The number of nitrogens with zero attached hydrogens (tertiary/aromatic N) is 1. The minimum absolute atomic E-state index is 0.118. The van der Waals surface area contributed by atoms with Gasteiger partial charge in [0, 0.05) is 12.4 Å². The summed E-state index contributed by atoms with van der Waals surface area (Å²) in [5.74, 6) is -1.80. The molecule has 0 fully saturated rings. The van der Waals surface area contributed by atoms with Crippen molar-refractivity contribution in [2.75, 3.05) is 11.9 Å². The van der Waals surface area contributed by atoms with Crippen molar-refractivity contribution in [1.82, 2.24) is 4.98 Å². The average molecular weight is 236 g/mol. The molecule has 90 valence electrons. The van der Waals surface area contributed by atoms with Crippen molar-refractivity contribution in [3.05, 3.63) is 36.2 Å². The van der Waals surface area contributed by atoms with E-state index >= 15 is 0 Å². The molecule has 1 aromatic rings. The Morgan fingerprint density at radius 3 is 2.82 bits per heavy atom. The Balaban J connectivity index is 2.78. The van der Waals surface area contributed by atoms with Gasteiger partial charge in [-0.2, -0.15) is 0 Å². The van der Waals surface area contributed by atoms with Gasteiger partial charge in [0.15, 0.2) is 5.57 Å². The first-order valence-electron chi connectivity index (χ1n) is 4.93. The van der Waals surface area contributed by atoms with E-state index in [1.165, 1.54) is 0 Å². The number of rotatable bonds is 5. The van der Waals surface area contributed by atoms with E-state index in [2.05, 4.69) is 15.0 Å². The van der Waals surface area contributed by atoms with E-state index in [0.29, 0.717) is 5.82 Å². The van der Waals surface area contributed by atoms with Gasteiger partial charge in [-0.25, -0.2) is 14.6 Å². The highest BCUT2D eigenvalue weighted by atomic mass is 16.5. The maximum Gasteiger partial charge on any atom is 0.347 e. The van der Waals surface area contributed by atoms with Gasteiger partial charge in [0.1, 0.15) is 5.82 Å². The Kier molecular flexibility index (Phi) is 4.68. The third-order valence-electron chi connectivity index (χ3n) is 1.76. The van der Waals surface area contributed by atoms with Crippen LogP contribution in [0.5, 0.6) is 0 Å². The number of carbonyl (C=O) groups excluding carboxylic acids is 1. The summed E-state index contributed by atoms with van der Waals surface area (Å²) in [5, 5.41) is 11.4. The fourth-order valence-electron chi connectivity index (χ4n) is 1.01. The number of carboxylic acids is 1. The van der Waals surface area contributed by atoms with Gasteiger partial charge in [0.2, 0.25) is 0 Å². The lowest BCUT2D eigenvalue weighted by Gasteiger charge is -2.03. The van der Waals surface area contributed by atoms with Gasteiger partial charge in [-0.1, -0.05) is 6.07 Å². The van der Waals surface area contributed by atoms with E-state index in [1.807, 2.05) is 0 Å². The molecule has 0 aliphatic heterocycles. The van der Waals surface area contributed by atoms with Crippen LogP contribution in [-0.4, -0.2) is 28.6 Å². The molecule has 0 atom stereocenters. The van der Waals surface area contributed by atoms with Crippen molar-refractivity contribution < 1.29 is 19.4 Å². The molecule has 1 aromatic heterocycles. The Morgan fingerprint density at radius 2 is 2.29 bits per heavy atom. The standard InChI is InChI=1S/C11H12N2O4/c1-2-17-11(16)8(10(14)15)7-13-9-5-3-4-6-12-9/h3-7H,2H2,1H3,(H,12,13)(H,14,15). The Bertz CT molecular complexity index is 428. The zero-order valence-electron chi connectivity index (χ0n) is 9.21. The second-order valence-corrected chi connectivity index (χ2v) is 2.94. The van der Waals surface area contributed by atoms with Gasteiger partial charge in [-0.05, 0) is 19.1 Å². The van der Waals surface area contributed by atoms with Crippen LogP contribution in [0.3, 0.4) is 0 Å². The minimum Gasteiger partial charge on any atom is -0.477 e. The SMILES string of the molecule is CCOC(=O)C(=CNc1ccccn1)C(=O)O. The summed E-state index contributed by atoms with van der Waals surface area (Å²) in [6, 6.07) is 5.09. The number of carboxylic acid groups (broad SMARTS) is 1. The summed E-state index contributed by atoms with van der Waals surface area (Å²) in [5.41, 5.74) is -0.475. The second-order valence-electron chi connectivity index (χ2n) is 2.94. The molecule has 0 bridgehead atoms. The molecule has 1 rings (SSSR count). The molecule has 0 aromatic carbocycles. The summed E-state index contributed by atoms with van der Waals surface area (Å²) >= 11 is 0. The molecule has 17 heavy (non-hydrogen) atoms. The minimum atomic E-state index is -1.35. The van der Waals surface area contributed by atoms with Crippen LogP contribution in [0.25, 0.3) is 0 Å². The fraction of sp³-hybridized carbons (Fsp3) is 0.182. The first-order chi connectivity index (χ1) is 8.15.